The van der Waals surface area contributed by atoms with Gasteiger partial charge in [0.2, 0.25) is 0 Å². The Bertz CT molecular complexity index is 364. The van der Waals surface area contributed by atoms with Crippen molar-refractivity contribution in [3.8, 4) is 0 Å². The molecule has 0 aromatic heterocycles. The van der Waals surface area contributed by atoms with E-state index in [0.29, 0.717) is 17.2 Å². The molecule has 1 N–H and O–H groups in total. The molecule has 1 heterocycles. The molecule has 17 heavy (non-hydrogen) atoms. The minimum atomic E-state index is 0.531. The Morgan fingerprint density at radius 2 is 1.94 bits per heavy atom. The van der Waals surface area contributed by atoms with Crippen molar-refractivity contribution in [1.29, 1.82) is 0 Å². The minimum absolute atomic E-state index is 0.531. The monoisotopic (exact) mass is 249 g/mol. The van der Waals surface area contributed by atoms with Crippen LogP contribution in [0.5, 0.6) is 0 Å². The van der Waals surface area contributed by atoms with E-state index in [9.17, 15) is 0 Å². The summed E-state index contributed by atoms with van der Waals surface area (Å²) in [7, 11) is 0. The molecule has 1 nitrogen and oxygen atoms in total. The maximum absolute atomic E-state index is 3.72. The van der Waals surface area contributed by atoms with E-state index in [1.807, 2.05) is 0 Å². The number of rotatable bonds is 3. The van der Waals surface area contributed by atoms with E-state index in [4.69, 9.17) is 0 Å². The van der Waals surface area contributed by atoms with E-state index in [0.717, 1.165) is 6.54 Å². The van der Waals surface area contributed by atoms with Crippen LogP contribution in [0.25, 0.3) is 0 Å². The lowest BCUT2D eigenvalue weighted by Crippen LogP contribution is -2.28. The Hall–Kier alpha value is -0.470. The van der Waals surface area contributed by atoms with Crippen molar-refractivity contribution in [3.05, 3.63) is 35.4 Å². The van der Waals surface area contributed by atoms with Crippen molar-refractivity contribution in [1.82, 2.24) is 5.32 Å². The summed E-state index contributed by atoms with van der Waals surface area (Å²) < 4.78 is 0. The largest absolute Gasteiger partial charge is 0.310 e. The molecule has 0 aliphatic carbocycles. The topological polar surface area (TPSA) is 12.0 Å². The molecule has 0 saturated heterocycles. The van der Waals surface area contributed by atoms with Crippen molar-refractivity contribution in [2.75, 3.05) is 12.3 Å². The zero-order valence-electron chi connectivity index (χ0n) is 11.1. The quantitative estimate of drug-likeness (QED) is 0.863. The van der Waals surface area contributed by atoms with Gasteiger partial charge in [-0.05, 0) is 42.7 Å². The van der Waals surface area contributed by atoms with Crippen LogP contribution in [-0.4, -0.2) is 12.3 Å². The second-order valence-electron chi connectivity index (χ2n) is 5.01. The van der Waals surface area contributed by atoms with Crippen LogP contribution in [0.15, 0.2) is 24.3 Å². The van der Waals surface area contributed by atoms with Gasteiger partial charge >= 0.3 is 0 Å². The lowest BCUT2D eigenvalue weighted by Gasteiger charge is -2.24. The van der Waals surface area contributed by atoms with Crippen LogP contribution in [-0.2, 0) is 0 Å². The molecule has 0 bridgehead atoms. The van der Waals surface area contributed by atoms with Gasteiger partial charge in [-0.15, -0.1) is 0 Å². The predicted molar refractivity (Wildman–Crippen MR) is 77.5 cm³/mol. The first kappa shape index (κ1) is 13.0. The van der Waals surface area contributed by atoms with Crippen LogP contribution in [0.1, 0.15) is 49.6 Å². The van der Waals surface area contributed by atoms with Gasteiger partial charge in [-0.1, -0.05) is 38.1 Å². The van der Waals surface area contributed by atoms with Crippen LogP contribution in [0.3, 0.4) is 0 Å². The zero-order chi connectivity index (χ0) is 12.3. The summed E-state index contributed by atoms with van der Waals surface area (Å²) in [5.41, 5.74) is 3.04. The van der Waals surface area contributed by atoms with Crippen LogP contribution in [0.4, 0.5) is 0 Å². The van der Waals surface area contributed by atoms with Gasteiger partial charge < -0.3 is 5.32 Å². The molecule has 94 valence electrons. The number of nitrogens with one attached hydrogen (secondary N) is 1. The number of benzene rings is 1. The summed E-state index contributed by atoms with van der Waals surface area (Å²) in [5.74, 6) is 1.95. The molecule has 0 radical (unpaired) electrons. The van der Waals surface area contributed by atoms with Gasteiger partial charge in [-0.25, -0.2) is 0 Å². The standard InChI is InChI=1S/C15H23NS/c1-4-9-16-15-11(2)10-17-12(3)13-7-5-6-8-14(13)15/h5-8,11-12,15-16H,4,9-10H2,1-3H3. The minimum Gasteiger partial charge on any atom is -0.310 e. The predicted octanol–water partition coefficient (Wildman–Crippen LogP) is 4.17. The molecule has 2 rings (SSSR count). The molecule has 1 aliphatic heterocycles. The number of hydrogen-bond donors (Lipinski definition) is 1. The normalized spacial score (nSPS) is 28.5. The Labute approximate surface area is 109 Å². The fraction of sp³-hybridized carbons (Fsp3) is 0.600. The van der Waals surface area contributed by atoms with E-state index in [1.54, 1.807) is 0 Å². The maximum Gasteiger partial charge on any atom is 0.0357 e. The smallest absolute Gasteiger partial charge is 0.0357 e. The first-order valence-corrected chi connectivity index (χ1v) is 7.72. The number of fused-ring (bicyclic) bond motifs is 1. The third-order valence-corrected chi connectivity index (χ3v) is 5.03. The molecular formula is C15H23NS. The van der Waals surface area contributed by atoms with E-state index < -0.39 is 0 Å². The lowest BCUT2D eigenvalue weighted by molar-refractivity contribution is 0.418. The Kier molecular flexibility index (Phi) is 4.52. The van der Waals surface area contributed by atoms with Crippen molar-refractivity contribution in [2.45, 2.75) is 38.5 Å². The van der Waals surface area contributed by atoms with E-state index in [-0.39, 0.29) is 0 Å². The Morgan fingerprint density at radius 1 is 1.24 bits per heavy atom. The van der Waals surface area contributed by atoms with Crippen molar-refractivity contribution in [2.24, 2.45) is 5.92 Å². The van der Waals surface area contributed by atoms with E-state index in [1.165, 1.54) is 23.3 Å². The van der Waals surface area contributed by atoms with Crippen molar-refractivity contribution in [3.63, 3.8) is 0 Å². The summed E-state index contributed by atoms with van der Waals surface area (Å²) in [5, 5.41) is 4.35. The summed E-state index contributed by atoms with van der Waals surface area (Å²) in [6.45, 7) is 8.05. The van der Waals surface area contributed by atoms with Crippen LogP contribution < -0.4 is 5.32 Å². The van der Waals surface area contributed by atoms with Gasteiger partial charge in [0, 0.05) is 11.3 Å². The first-order chi connectivity index (χ1) is 8.24. The highest BCUT2D eigenvalue weighted by atomic mass is 32.2. The molecule has 1 aliphatic rings. The van der Waals surface area contributed by atoms with Crippen molar-refractivity contribution >= 4 is 11.8 Å². The highest BCUT2D eigenvalue weighted by molar-refractivity contribution is 7.99. The molecule has 3 atom stereocenters. The number of thioether (sulfide) groups is 1. The Balaban J connectivity index is 2.31. The van der Waals surface area contributed by atoms with Gasteiger partial charge in [0.1, 0.15) is 0 Å². The summed E-state index contributed by atoms with van der Waals surface area (Å²) in [4.78, 5) is 0. The van der Waals surface area contributed by atoms with Crippen LogP contribution in [0, 0.1) is 5.92 Å². The molecular weight excluding hydrogens is 226 g/mol. The molecule has 0 amide bonds. The summed E-state index contributed by atoms with van der Waals surface area (Å²) in [6, 6.07) is 9.48. The van der Waals surface area contributed by atoms with Gasteiger partial charge in [0.15, 0.2) is 0 Å². The molecule has 1 aromatic carbocycles. The maximum atomic E-state index is 3.72. The fourth-order valence-electron chi connectivity index (χ4n) is 2.56. The van der Waals surface area contributed by atoms with Crippen LogP contribution >= 0.6 is 11.8 Å². The molecule has 0 spiro atoms. The highest BCUT2D eigenvalue weighted by Crippen LogP contribution is 2.41. The SMILES string of the molecule is CCCNC1c2ccccc2C(C)SCC1C. The van der Waals surface area contributed by atoms with Crippen molar-refractivity contribution < 1.29 is 0 Å². The van der Waals surface area contributed by atoms with Gasteiger partial charge in [-0.3, -0.25) is 0 Å². The van der Waals surface area contributed by atoms with Gasteiger partial charge in [0.05, 0.1) is 0 Å². The Morgan fingerprint density at radius 3 is 2.65 bits per heavy atom. The fourth-order valence-corrected chi connectivity index (χ4v) is 3.74. The molecule has 1 aromatic rings. The molecule has 2 heteroatoms. The third kappa shape index (κ3) is 2.86. The average Bonchev–Trinajstić information content (AvgIpc) is 2.47. The molecule has 3 unspecified atom stereocenters. The summed E-state index contributed by atoms with van der Waals surface area (Å²) in [6.07, 6.45) is 1.20. The summed E-state index contributed by atoms with van der Waals surface area (Å²) >= 11 is 2.09. The second kappa shape index (κ2) is 5.92. The first-order valence-electron chi connectivity index (χ1n) is 6.67. The number of hydrogen-bond acceptors (Lipinski definition) is 2. The molecule has 0 fully saturated rings. The molecule has 0 saturated carbocycles. The zero-order valence-corrected chi connectivity index (χ0v) is 11.9. The van der Waals surface area contributed by atoms with Gasteiger partial charge in [-0.2, -0.15) is 11.8 Å². The van der Waals surface area contributed by atoms with Crippen LogP contribution in [0.2, 0.25) is 0 Å². The van der Waals surface area contributed by atoms with E-state index in [2.05, 4.69) is 62.1 Å². The van der Waals surface area contributed by atoms with E-state index >= 15 is 0 Å². The average molecular weight is 249 g/mol. The lowest BCUT2D eigenvalue weighted by atomic mass is 9.91. The third-order valence-electron chi connectivity index (χ3n) is 3.56. The van der Waals surface area contributed by atoms with Gasteiger partial charge in [0.25, 0.3) is 0 Å². The highest BCUT2D eigenvalue weighted by Gasteiger charge is 2.27. The second-order valence-corrected chi connectivity index (χ2v) is 6.39.